The van der Waals surface area contributed by atoms with Gasteiger partial charge in [0.05, 0.1) is 12.2 Å². The maximum atomic E-state index is 6.03. The summed E-state index contributed by atoms with van der Waals surface area (Å²) < 4.78 is 5.80. The van der Waals surface area contributed by atoms with Gasteiger partial charge in [0, 0.05) is 25.2 Å². The van der Waals surface area contributed by atoms with Gasteiger partial charge in [-0.25, -0.2) is 0 Å². The molecular weight excluding hydrogens is 212 g/mol. The highest BCUT2D eigenvalue weighted by atomic mass is 16.5. The van der Waals surface area contributed by atoms with Crippen molar-refractivity contribution in [2.45, 2.75) is 71.1 Å². The van der Waals surface area contributed by atoms with Gasteiger partial charge in [-0.1, -0.05) is 26.2 Å². The van der Waals surface area contributed by atoms with Crippen molar-refractivity contribution in [2.75, 3.05) is 19.6 Å². The molecule has 0 spiro atoms. The number of hydrogen-bond donors (Lipinski definition) is 1. The lowest BCUT2D eigenvalue weighted by atomic mass is 9.91. The summed E-state index contributed by atoms with van der Waals surface area (Å²) in [6.07, 6.45) is 5.73. The van der Waals surface area contributed by atoms with Crippen molar-refractivity contribution in [3.05, 3.63) is 0 Å². The van der Waals surface area contributed by atoms with Crippen LogP contribution in [-0.2, 0) is 4.74 Å². The molecule has 0 aliphatic carbocycles. The van der Waals surface area contributed by atoms with E-state index in [4.69, 9.17) is 10.5 Å². The minimum Gasteiger partial charge on any atom is -0.373 e. The van der Waals surface area contributed by atoms with Gasteiger partial charge in [-0.15, -0.1) is 0 Å². The van der Waals surface area contributed by atoms with Gasteiger partial charge >= 0.3 is 0 Å². The van der Waals surface area contributed by atoms with Crippen LogP contribution in [0.25, 0.3) is 0 Å². The lowest BCUT2D eigenvalue weighted by Gasteiger charge is -2.46. The second-order valence-corrected chi connectivity index (χ2v) is 5.82. The molecule has 3 atom stereocenters. The standard InChI is InChI=1S/C14H30N2O/c1-5-6-7-8-14(4,11-15)16-9-12(2)17-13(3)10-16/h12-13H,5-11,15H2,1-4H3/t12-,13+,14?. The quantitative estimate of drug-likeness (QED) is 0.727. The third kappa shape index (κ3) is 4.23. The molecule has 17 heavy (non-hydrogen) atoms. The van der Waals surface area contributed by atoms with E-state index in [-0.39, 0.29) is 5.54 Å². The Morgan fingerprint density at radius 2 is 1.82 bits per heavy atom. The highest BCUT2D eigenvalue weighted by Crippen LogP contribution is 2.25. The lowest BCUT2D eigenvalue weighted by Crippen LogP contribution is -2.59. The Labute approximate surface area is 107 Å². The van der Waals surface area contributed by atoms with Gasteiger partial charge in [-0.05, 0) is 27.2 Å². The summed E-state index contributed by atoms with van der Waals surface area (Å²) in [4.78, 5) is 2.54. The molecule has 0 radical (unpaired) electrons. The molecule has 0 aromatic heterocycles. The number of nitrogens with two attached hydrogens (primary N) is 1. The number of rotatable bonds is 6. The summed E-state index contributed by atoms with van der Waals surface area (Å²) in [5.41, 5.74) is 6.18. The van der Waals surface area contributed by atoms with Crippen LogP contribution in [0.1, 0.15) is 53.4 Å². The van der Waals surface area contributed by atoms with E-state index in [0.717, 1.165) is 19.6 Å². The molecule has 0 amide bonds. The molecule has 1 rings (SSSR count). The predicted octanol–water partition coefficient (Wildman–Crippen LogP) is 2.39. The summed E-state index contributed by atoms with van der Waals surface area (Å²) in [6, 6.07) is 0. The van der Waals surface area contributed by atoms with Gasteiger partial charge in [0.25, 0.3) is 0 Å². The fourth-order valence-electron chi connectivity index (χ4n) is 2.76. The zero-order valence-electron chi connectivity index (χ0n) is 12.0. The Morgan fingerprint density at radius 3 is 2.29 bits per heavy atom. The fraction of sp³-hybridized carbons (Fsp3) is 1.00. The molecule has 0 aromatic rings. The van der Waals surface area contributed by atoms with E-state index in [1.54, 1.807) is 0 Å². The normalized spacial score (nSPS) is 30.2. The Bertz CT molecular complexity index is 212. The highest BCUT2D eigenvalue weighted by molar-refractivity contribution is 4.91. The Balaban J connectivity index is 2.57. The van der Waals surface area contributed by atoms with Crippen molar-refractivity contribution in [1.82, 2.24) is 4.90 Å². The summed E-state index contributed by atoms with van der Waals surface area (Å²) in [5, 5.41) is 0. The van der Waals surface area contributed by atoms with E-state index < -0.39 is 0 Å². The minimum absolute atomic E-state index is 0.154. The van der Waals surface area contributed by atoms with Crippen LogP contribution in [-0.4, -0.2) is 42.3 Å². The van der Waals surface area contributed by atoms with E-state index >= 15 is 0 Å². The first kappa shape index (κ1) is 14.9. The molecule has 1 unspecified atom stereocenters. The molecule has 1 saturated heterocycles. The number of unbranched alkanes of at least 4 members (excludes halogenated alkanes) is 2. The molecular formula is C14H30N2O. The van der Waals surface area contributed by atoms with Crippen LogP contribution in [0.3, 0.4) is 0 Å². The first-order valence-electron chi connectivity index (χ1n) is 7.12. The van der Waals surface area contributed by atoms with Crippen LogP contribution in [0, 0.1) is 0 Å². The van der Waals surface area contributed by atoms with Crippen LogP contribution in [0.15, 0.2) is 0 Å². The topological polar surface area (TPSA) is 38.5 Å². The Kier molecular flexibility index (Phi) is 5.90. The van der Waals surface area contributed by atoms with Crippen molar-refractivity contribution in [1.29, 1.82) is 0 Å². The minimum atomic E-state index is 0.154. The van der Waals surface area contributed by atoms with E-state index in [1.807, 2.05) is 0 Å². The summed E-state index contributed by atoms with van der Waals surface area (Å²) in [5.74, 6) is 0. The number of hydrogen-bond acceptors (Lipinski definition) is 3. The van der Waals surface area contributed by atoms with Crippen molar-refractivity contribution in [3.63, 3.8) is 0 Å². The van der Waals surface area contributed by atoms with Crippen molar-refractivity contribution >= 4 is 0 Å². The molecule has 1 heterocycles. The summed E-state index contributed by atoms with van der Waals surface area (Å²) >= 11 is 0. The second-order valence-electron chi connectivity index (χ2n) is 5.82. The first-order chi connectivity index (χ1) is 8.01. The molecule has 2 N–H and O–H groups in total. The zero-order valence-corrected chi connectivity index (χ0v) is 12.0. The molecule has 1 fully saturated rings. The van der Waals surface area contributed by atoms with Gasteiger partial charge in [-0.2, -0.15) is 0 Å². The summed E-state index contributed by atoms with van der Waals surface area (Å²) in [6.45, 7) is 11.7. The molecule has 0 aromatic carbocycles. The molecule has 1 aliphatic rings. The summed E-state index contributed by atoms with van der Waals surface area (Å²) in [7, 11) is 0. The third-order valence-corrected chi connectivity index (χ3v) is 3.94. The molecule has 0 saturated carbocycles. The van der Waals surface area contributed by atoms with Gasteiger partial charge in [-0.3, -0.25) is 4.90 Å². The highest BCUT2D eigenvalue weighted by Gasteiger charge is 2.35. The smallest absolute Gasteiger partial charge is 0.0678 e. The maximum absolute atomic E-state index is 6.03. The van der Waals surface area contributed by atoms with E-state index in [0.29, 0.717) is 12.2 Å². The first-order valence-corrected chi connectivity index (χ1v) is 7.12. The van der Waals surface area contributed by atoms with Crippen LogP contribution in [0.4, 0.5) is 0 Å². The molecule has 0 bridgehead atoms. The van der Waals surface area contributed by atoms with Gasteiger partial charge in [0.2, 0.25) is 0 Å². The lowest BCUT2D eigenvalue weighted by molar-refractivity contribution is -0.0990. The van der Waals surface area contributed by atoms with E-state index in [2.05, 4.69) is 32.6 Å². The number of morpholine rings is 1. The maximum Gasteiger partial charge on any atom is 0.0678 e. The monoisotopic (exact) mass is 242 g/mol. The largest absolute Gasteiger partial charge is 0.373 e. The number of nitrogens with zero attached hydrogens (tertiary/aromatic N) is 1. The van der Waals surface area contributed by atoms with Crippen LogP contribution in [0.2, 0.25) is 0 Å². The molecule has 3 heteroatoms. The van der Waals surface area contributed by atoms with Crippen molar-refractivity contribution < 1.29 is 4.74 Å². The van der Waals surface area contributed by atoms with Crippen LogP contribution in [0.5, 0.6) is 0 Å². The van der Waals surface area contributed by atoms with E-state index in [1.165, 1.54) is 25.7 Å². The van der Waals surface area contributed by atoms with Crippen molar-refractivity contribution in [3.8, 4) is 0 Å². The molecule has 3 nitrogen and oxygen atoms in total. The van der Waals surface area contributed by atoms with Crippen LogP contribution < -0.4 is 5.73 Å². The molecule has 1 aliphatic heterocycles. The van der Waals surface area contributed by atoms with Crippen molar-refractivity contribution in [2.24, 2.45) is 5.73 Å². The Hall–Kier alpha value is -0.120. The van der Waals surface area contributed by atoms with E-state index in [9.17, 15) is 0 Å². The number of ether oxygens (including phenoxy) is 1. The average molecular weight is 242 g/mol. The fourth-order valence-corrected chi connectivity index (χ4v) is 2.76. The van der Waals surface area contributed by atoms with Gasteiger partial charge in [0.1, 0.15) is 0 Å². The SMILES string of the molecule is CCCCCC(C)(CN)N1C[C@@H](C)O[C@@H](C)C1. The zero-order chi connectivity index (χ0) is 12.9. The molecule has 102 valence electrons. The second kappa shape index (κ2) is 6.72. The van der Waals surface area contributed by atoms with Crippen LogP contribution >= 0.6 is 0 Å². The Morgan fingerprint density at radius 1 is 1.24 bits per heavy atom. The van der Waals surface area contributed by atoms with Gasteiger partial charge in [0.15, 0.2) is 0 Å². The van der Waals surface area contributed by atoms with Gasteiger partial charge < -0.3 is 10.5 Å². The third-order valence-electron chi connectivity index (χ3n) is 3.94. The predicted molar refractivity (Wildman–Crippen MR) is 73.2 cm³/mol. The average Bonchev–Trinajstić information content (AvgIpc) is 2.28.